The van der Waals surface area contributed by atoms with E-state index in [-0.39, 0.29) is 6.01 Å². The number of anilines is 2. The van der Waals surface area contributed by atoms with Gasteiger partial charge in [-0.2, -0.15) is 20.2 Å². The fourth-order valence-electron chi connectivity index (χ4n) is 1.58. The molecular weight excluding hydrogens is 268 g/mol. The van der Waals surface area contributed by atoms with E-state index in [9.17, 15) is 0 Å². The lowest BCUT2D eigenvalue weighted by Gasteiger charge is -2.13. The Morgan fingerprint density at radius 1 is 1.24 bits per heavy atom. The average molecular weight is 284 g/mol. The lowest BCUT2D eigenvalue weighted by molar-refractivity contribution is 0.439. The molecule has 0 unspecified atom stereocenters. The zero-order valence-electron chi connectivity index (χ0n) is 12.2. The second-order valence-corrected chi connectivity index (χ2v) is 4.38. The van der Waals surface area contributed by atoms with E-state index in [1.54, 1.807) is 29.2 Å². The Morgan fingerprint density at radius 2 is 2.00 bits per heavy atom. The second kappa shape index (κ2) is 6.52. The van der Waals surface area contributed by atoms with Crippen molar-refractivity contribution in [2.75, 3.05) is 30.9 Å². The lowest BCUT2D eigenvalue weighted by atomic mass is 10.2. The van der Waals surface area contributed by atoms with Crippen molar-refractivity contribution in [1.82, 2.24) is 15.0 Å². The van der Waals surface area contributed by atoms with Gasteiger partial charge in [0.05, 0.1) is 5.56 Å². The summed E-state index contributed by atoms with van der Waals surface area (Å²) in [4.78, 5) is 14.4. The number of rotatable bonds is 5. The fraction of sp³-hybridized carbons (Fsp3) is 0.286. The van der Waals surface area contributed by atoms with Crippen molar-refractivity contribution >= 4 is 11.9 Å². The molecule has 0 aliphatic carbocycles. The molecule has 0 saturated heterocycles. The van der Waals surface area contributed by atoms with Gasteiger partial charge in [-0.3, -0.25) is 0 Å². The van der Waals surface area contributed by atoms with Gasteiger partial charge in [-0.15, -0.1) is 0 Å². The summed E-state index contributed by atoms with van der Waals surface area (Å²) in [5.74, 6) is 1.32. The SMILES string of the molecule is CCNc1nc(Oc2ccccc2C#N)nc(N(C)C)n1. The minimum absolute atomic E-state index is 0.146. The largest absolute Gasteiger partial charge is 0.423 e. The molecule has 0 amide bonds. The minimum atomic E-state index is 0.146. The van der Waals surface area contributed by atoms with Gasteiger partial charge in [0.25, 0.3) is 0 Å². The summed E-state index contributed by atoms with van der Waals surface area (Å²) in [5, 5.41) is 12.1. The predicted octanol–water partition coefficient (Wildman–Crippen LogP) is 2.03. The van der Waals surface area contributed by atoms with Crippen LogP contribution in [0.2, 0.25) is 0 Å². The van der Waals surface area contributed by atoms with Crippen LogP contribution in [-0.2, 0) is 0 Å². The molecule has 0 atom stereocenters. The summed E-state index contributed by atoms with van der Waals surface area (Å²) in [5.41, 5.74) is 0.425. The first-order chi connectivity index (χ1) is 10.1. The van der Waals surface area contributed by atoms with Gasteiger partial charge in [0.2, 0.25) is 11.9 Å². The molecule has 7 nitrogen and oxygen atoms in total. The smallest absolute Gasteiger partial charge is 0.328 e. The first-order valence-corrected chi connectivity index (χ1v) is 6.48. The van der Waals surface area contributed by atoms with Gasteiger partial charge in [-0.1, -0.05) is 12.1 Å². The van der Waals surface area contributed by atoms with E-state index in [4.69, 9.17) is 10.00 Å². The molecule has 0 spiro atoms. The highest BCUT2D eigenvalue weighted by Crippen LogP contribution is 2.23. The molecule has 0 radical (unpaired) electrons. The highest BCUT2D eigenvalue weighted by molar-refractivity contribution is 5.44. The van der Waals surface area contributed by atoms with Gasteiger partial charge >= 0.3 is 6.01 Å². The normalized spacial score (nSPS) is 9.81. The van der Waals surface area contributed by atoms with Gasteiger partial charge in [0.15, 0.2) is 0 Å². The number of nitriles is 1. The van der Waals surface area contributed by atoms with Gasteiger partial charge < -0.3 is 15.0 Å². The van der Waals surface area contributed by atoms with Gasteiger partial charge in [0, 0.05) is 20.6 Å². The zero-order chi connectivity index (χ0) is 15.2. The van der Waals surface area contributed by atoms with Gasteiger partial charge in [-0.05, 0) is 19.1 Å². The number of ether oxygens (including phenoxy) is 1. The van der Waals surface area contributed by atoms with E-state index in [2.05, 4.69) is 26.3 Å². The molecule has 1 N–H and O–H groups in total. The number of aromatic nitrogens is 3. The van der Waals surface area contributed by atoms with Gasteiger partial charge in [0.1, 0.15) is 11.8 Å². The first-order valence-electron chi connectivity index (χ1n) is 6.48. The molecular formula is C14H16N6O. The lowest BCUT2D eigenvalue weighted by Crippen LogP contribution is -2.15. The van der Waals surface area contributed by atoms with Crippen LogP contribution in [0.5, 0.6) is 11.8 Å². The Labute approximate surface area is 123 Å². The maximum Gasteiger partial charge on any atom is 0.328 e. The molecule has 108 valence electrons. The zero-order valence-corrected chi connectivity index (χ0v) is 12.2. The fourth-order valence-corrected chi connectivity index (χ4v) is 1.58. The molecule has 1 aromatic carbocycles. The summed E-state index contributed by atoms with van der Waals surface area (Å²) in [6, 6.07) is 9.15. The number of nitrogens with one attached hydrogen (secondary N) is 1. The van der Waals surface area contributed by atoms with Crippen molar-refractivity contribution in [2.45, 2.75) is 6.92 Å². The minimum Gasteiger partial charge on any atom is -0.423 e. The monoisotopic (exact) mass is 284 g/mol. The average Bonchev–Trinajstić information content (AvgIpc) is 2.48. The van der Waals surface area contributed by atoms with Crippen molar-refractivity contribution in [2.24, 2.45) is 0 Å². The van der Waals surface area contributed by atoms with Gasteiger partial charge in [-0.25, -0.2) is 0 Å². The molecule has 0 bridgehead atoms. The van der Waals surface area contributed by atoms with Crippen molar-refractivity contribution < 1.29 is 4.74 Å². The summed E-state index contributed by atoms with van der Waals surface area (Å²) in [7, 11) is 3.66. The number of hydrogen-bond acceptors (Lipinski definition) is 7. The quantitative estimate of drug-likeness (QED) is 0.898. The van der Waals surface area contributed by atoms with Crippen molar-refractivity contribution in [1.29, 1.82) is 5.26 Å². The summed E-state index contributed by atoms with van der Waals surface area (Å²) < 4.78 is 5.63. The molecule has 21 heavy (non-hydrogen) atoms. The van der Waals surface area contributed by atoms with Crippen LogP contribution < -0.4 is 15.0 Å². The van der Waals surface area contributed by atoms with Crippen molar-refractivity contribution in [3.63, 3.8) is 0 Å². The molecule has 2 aromatic rings. The number of nitrogens with zero attached hydrogens (tertiary/aromatic N) is 5. The number of benzene rings is 1. The van der Waals surface area contributed by atoms with Crippen LogP contribution in [0.25, 0.3) is 0 Å². The molecule has 7 heteroatoms. The third-order valence-electron chi connectivity index (χ3n) is 2.55. The Kier molecular flexibility index (Phi) is 4.51. The molecule has 1 aromatic heterocycles. The van der Waals surface area contributed by atoms with Crippen LogP contribution >= 0.6 is 0 Å². The summed E-state index contributed by atoms with van der Waals surface area (Å²) in [6.45, 7) is 2.63. The van der Waals surface area contributed by atoms with Crippen LogP contribution in [0.4, 0.5) is 11.9 Å². The Bertz CT molecular complexity index is 665. The third kappa shape index (κ3) is 3.57. The van der Waals surface area contributed by atoms with Crippen LogP contribution in [0, 0.1) is 11.3 Å². The second-order valence-electron chi connectivity index (χ2n) is 4.38. The van der Waals surface area contributed by atoms with E-state index < -0.39 is 0 Å². The maximum absolute atomic E-state index is 9.07. The van der Waals surface area contributed by atoms with E-state index in [1.165, 1.54) is 0 Å². The number of hydrogen-bond donors (Lipinski definition) is 1. The molecule has 1 heterocycles. The first kappa shape index (κ1) is 14.5. The van der Waals surface area contributed by atoms with Crippen molar-refractivity contribution in [3.8, 4) is 17.8 Å². The van der Waals surface area contributed by atoms with E-state index in [1.807, 2.05) is 21.0 Å². The molecule has 0 aliphatic heterocycles. The standard InChI is InChI=1S/C14H16N6O/c1-4-16-12-17-13(20(2)3)19-14(18-12)21-11-8-6-5-7-10(11)9-15/h5-8H,4H2,1-3H3,(H,16,17,18,19). The topological polar surface area (TPSA) is 87.0 Å². The van der Waals surface area contributed by atoms with E-state index in [0.29, 0.717) is 29.8 Å². The molecule has 0 aliphatic rings. The summed E-state index contributed by atoms with van der Waals surface area (Å²) >= 11 is 0. The summed E-state index contributed by atoms with van der Waals surface area (Å²) in [6.07, 6.45) is 0. The number of para-hydroxylation sites is 1. The van der Waals surface area contributed by atoms with Crippen LogP contribution in [0.15, 0.2) is 24.3 Å². The Hall–Kier alpha value is -2.88. The van der Waals surface area contributed by atoms with Crippen molar-refractivity contribution in [3.05, 3.63) is 29.8 Å². The highest BCUT2D eigenvalue weighted by Gasteiger charge is 2.11. The Balaban J connectivity index is 2.37. The maximum atomic E-state index is 9.07. The highest BCUT2D eigenvalue weighted by atomic mass is 16.5. The molecule has 0 saturated carbocycles. The molecule has 0 fully saturated rings. The Morgan fingerprint density at radius 3 is 2.67 bits per heavy atom. The van der Waals surface area contributed by atoms with Crippen LogP contribution in [-0.4, -0.2) is 35.6 Å². The third-order valence-corrected chi connectivity index (χ3v) is 2.55. The van der Waals surface area contributed by atoms with E-state index in [0.717, 1.165) is 0 Å². The van der Waals surface area contributed by atoms with Crippen LogP contribution in [0.1, 0.15) is 12.5 Å². The van der Waals surface area contributed by atoms with Crippen LogP contribution in [0.3, 0.4) is 0 Å². The van der Waals surface area contributed by atoms with E-state index >= 15 is 0 Å². The molecule has 2 rings (SSSR count). The predicted molar refractivity (Wildman–Crippen MR) is 79.5 cm³/mol.